The van der Waals surface area contributed by atoms with Gasteiger partial charge in [-0.25, -0.2) is 9.37 Å². The van der Waals surface area contributed by atoms with E-state index in [1.807, 2.05) is 18.3 Å². The lowest BCUT2D eigenvalue weighted by Crippen LogP contribution is -2.43. The van der Waals surface area contributed by atoms with Gasteiger partial charge in [-0.15, -0.1) is 11.3 Å². The second kappa shape index (κ2) is 11.9. The summed E-state index contributed by atoms with van der Waals surface area (Å²) in [5, 5.41) is 3.19. The van der Waals surface area contributed by atoms with Gasteiger partial charge in [-0.2, -0.15) is 0 Å². The number of hydrogen-bond donors (Lipinski definition) is 2. The molecular formula is C32H27ClFN7O2S. The standard InChI is InChI=1S/C32H27ClFN7O2S/c1-40-10-12-41(13-11-40)18-19-2-5-24(36-17-19)29-16-26-30(44-29)28(8-9-35-26)43-27-7-4-21(15-22(27)34)37-32(42)31-38-23-6-3-20(33)14-25(23)39-31/h2-9,14-17H,10-13,18H2,1H3,(H,37,42)(H,38,39). The van der Waals surface area contributed by atoms with E-state index >= 15 is 4.39 Å². The Morgan fingerprint density at radius 1 is 1.02 bits per heavy atom. The van der Waals surface area contributed by atoms with Crippen molar-refractivity contribution in [3.8, 4) is 22.1 Å². The van der Waals surface area contributed by atoms with Crippen LogP contribution >= 0.6 is 22.9 Å². The first kappa shape index (κ1) is 28.4. The number of carbonyl (C=O) groups excluding carboxylic acids is 1. The zero-order valence-corrected chi connectivity index (χ0v) is 25.3. The molecule has 1 aliphatic heterocycles. The number of halogens is 2. The van der Waals surface area contributed by atoms with E-state index in [4.69, 9.17) is 21.3 Å². The number of anilines is 1. The third-order valence-electron chi connectivity index (χ3n) is 7.52. The van der Waals surface area contributed by atoms with Crippen LogP contribution in [-0.4, -0.2) is 68.9 Å². The first-order valence-corrected chi connectivity index (χ1v) is 15.3. The summed E-state index contributed by atoms with van der Waals surface area (Å²) < 4.78 is 21.9. The summed E-state index contributed by atoms with van der Waals surface area (Å²) in [5.41, 5.74) is 4.26. The molecule has 2 aromatic carbocycles. The van der Waals surface area contributed by atoms with Crippen LogP contribution < -0.4 is 10.1 Å². The molecule has 9 nitrogen and oxygen atoms in total. The fourth-order valence-corrected chi connectivity index (χ4v) is 6.32. The molecule has 0 radical (unpaired) electrons. The molecular weight excluding hydrogens is 601 g/mol. The number of thiophene rings is 1. The number of rotatable bonds is 7. The number of carbonyl (C=O) groups is 1. The zero-order chi connectivity index (χ0) is 30.2. The van der Waals surface area contributed by atoms with E-state index in [9.17, 15) is 4.79 Å². The van der Waals surface area contributed by atoms with Gasteiger partial charge in [0.05, 0.1) is 31.8 Å². The summed E-state index contributed by atoms with van der Waals surface area (Å²) in [6.07, 6.45) is 3.57. The molecule has 1 fully saturated rings. The number of aromatic nitrogens is 4. The quantitative estimate of drug-likeness (QED) is 0.200. The van der Waals surface area contributed by atoms with Gasteiger partial charge in [0.15, 0.2) is 17.4 Å². The molecule has 222 valence electrons. The highest BCUT2D eigenvalue weighted by Gasteiger charge is 2.17. The number of imidazole rings is 1. The minimum Gasteiger partial charge on any atom is -0.453 e. The van der Waals surface area contributed by atoms with Gasteiger partial charge in [-0.05, 0) is 55.1 Å². The first-order valence-electron chi connectivity index (χ1n) is 14.1. The lowest BCUT2D eigenvalue weighted by Gasteiger charge is -2.32. The Morgan fingerprint density at radius 3 is 2.68 bits per heavy atom. The van der Waals surface area contributed by atoms with Crippen molar-refractivity contribution < 1.29 is 13.9 Å². The SMILES string of the molecule is CN1CCN(Cc2ccc(-c3cc4nccc(Oc5ccc(NC(=O)c6nc7ccc(Cl)cc7[nH]6)cc5F)c4s3)nc2)CC1. The molecule has 1 aliphatic rings. The van der Waals surface area contributed by atoms with Crippen LogP contribution in [-0.2, 0) is 6.54 Å². The van der Waals surface area contributed by atoms with Crippen LogP contribution in [0.4, 0.5) is 10.1 Å². The number of nitrogens with one attached hydrogen (secondary N) is 2. The highest BCUT2D eigenvalue weighted by atomic mass is 35.5. The van der Waals surface area contributed by atoms with Gasteiger partial charge in [0.2, 0.25) is 0 Å². The normalized spacial score (nSPS) is 14.3. The topological polar surface area (TPSA) is 99.3 Å². The van der Waals surface area contributed by atoms with E-state index in [0.717, 1.165) is 53.5 Å². The molecule has 0 unspecified atom stereocenters. The highest BCUT2D eigenvalue weighted by Crippen LogP contribution is 2.39. The van der Waals surface area contributed by atoms with Gasteiger partial charge in [-0.3, -0.25) is 19.7 Å². The van der Waals surface area contributed by atoms with Crippen LogP contribution in [0.5, 0.6) is 11.5 Å². The van der Waals surface area contributed by atoms with Crippen molar-refractivity contribution in [2.75, 3.05) is 38.5 Å². The maximum Gasteiger partial charge on any atom is 0.291 e. The Bertz CT molecular complexity index is 1990. The van der Waals surface area contributed by atoms with Gasteiger partial charge in [-0.1, -0.05) is 17.7 Å². The molecule has 44 heavy (non-hydrogen) atoms. The number of fused-ring (bicyclic) bond motifs is 2. The number of H-pyrrole nitrogens is 1. The van der Waals surface area contributed by atoms with E-state index in [2.05, 4.69) is 43.2 Å². The predicted molar refractivity (Wildman–Crippen MR) is 171 cm³/mol. The zero-order valence-electron chi connectivity index (χ0n) is 23.7. The molecule has 6 aromatic rings. The van der Waals surface area contributed by atoms with E-state index in [0.29, 0.717) is 21.8 Å². The summed E-state index contributed by atoms with van der Waals surface area (Å²) in [5.74, 6) is -0.536. The van der Waals surface area contributed by atoms with Crippen LogP contribution in [0.1, 0.15) is 16.2 Å². The number of ether oxygens (including phenoxy) is 1. The number of piperazine rings is 1. The monoisotopic (exact) mass is 627 g/mol. The van der Waals surface area contributed by atoms with Crippen molar-refractivity contribution >= 4 is 55.8 Å². The molecule has 12 heteroatoms. The van der Waals surface area contributed by atoms with Gasteiger partial charge in [0, 0.05) is 68.0 Å². The van der Waals surface area contributed by atoms with Crippen LogP contribution in [0.15, 0.2) is 73.1 Å². The van der Waals surface area contributed by atoms with Crippen molar-refractivity contribution in [2.45, 2.75) is 6.54 Å². The van der Waals surface area contributed by atoms with Gasteiger partial charge in [0.1, 0.15) is 5.75 Å². The summed E-state index contributed by atoms with van der Waals surface area (Å²) in [4.78, 5) is 34.9. The number of likely N-dealkylation sites (N-methyl/N-ethyl adjacent to an activating group) is 1. The number of nitrogens with zero attached hydrogens (tertiary/aromatic N) is 5. The van der Waals surface area contributed by atoms with Crippen molar-refractivity contribution in [3.63, 3.8) is 0 Å². The summed E-state index contributed by atoms with van der Waals surface area (Å²) in [6, 6.07) is 17.2. The summed E-state index contributed by atoms with van der Waals surface area (Å²) >= 11 is 7.51. The van der Waals surface area contributed by atoms with Crippen molar-refractivity contribution in [2.24, 2.45) is 0 Å². The molecule has 0 bridgehead atoms. The number of aromatic amines is 1. The predicted octanol–water partition coefficient (Wildman–Crippen LogP) is 6.82. The second-order valence-corrected chi connectivity index (χ2v) is 12.2. The Morgan fingerprint density at radius 2 is 1.89 bits per heavy atom. The average molecular weight is 628 g/mol. The van der Waals surface area contributed by atoms with Crippen molar-refractivity contribution in [1.29, 1.82) is 0 Å². The average Bonchev–Trinajstić information content (AvgIpc) is 3.65. The van der Waals surface area contributed by atoms with Gasteiger partial charge < -0.3 is 19.9 Å². The van der Waals surface area contributed by atoms with Crippen LogP contribution in [0.3, 0.4) is 0 Å². The molecule has 0 spiro atoms. The molecule has 5 heterocycles. The molecule has 0 atom stereocenters. The molecule has 0 aliphatic carbocycles. The minimum atomic E-state index is -0.626. The number of amides is 1. The van der Waals surface area contributed by atoms with Crippen LogP contribution in [0.25, 0.3) is 31.8 Å². The lowest BCUT2D eigenvalue weighted by atomic mass is 10.2. The van der Waals surface area contributed by atoms with E-state index in [-0.39, 0.29) is 17.3 Å². The molecule has 7 rings (SSSR count). The largest absolute Gasteiger partial charge is 0.453 e. The minimum absolute atomic E-state index is 0.0233. The molecule has 1 saturated heterocycles. The molecule has 4 aromatic heterocycles. The maximum absolute atomic E-state index is 15.2. The lowest BCUT2D eigenvalue weighted by molar-refractivity contribution is 0.101. The van der Waals surface area contributed by atoms with Crippen LogP contribution in [0.2, 0.25) is 5.02 Å². The van der Waals surface area contributed by atoms with E-state index in [1.165, 1.54) is 29.0 Å². The summed E-state index contributed by atoms with van der Waals surface area (Å²) in [6.45, 7) is 5.15. The first-order chi connectivity index (χ1) is 21.4. The van der Waals surface area contributed by atoms with Crippen molar-refractivity contribution in [3.05, 3.63) is 95.3 Å². The fraction of sp³-hybridized carbons (Fsp3) is 0.188. The summed E-state index contributed by atoms with van der Waals surface area (Å²) in [7, 11) is 2.15. The fourth-order valence-electron chi connectivity index (χ4n) is 5.11. The Kier molecular flexibility index (Phi) is 7.69. The number of benzene rings is 2. The Balaban J connectivity index is 1.05. The van der Waals surface area contributed by atoms with E-state index < -0.39 is 11.7 Å². The molecule has 0 saturated carbocycles. The van der Waals surface area contributed by atoms with Crippen LogP contribution in [0, 0.1) is 5.82 Å². The van der Waals surface area contributed by atoms with E-state index in [1.54, 1.807) is 36.5 Å². The van der Waals surface area contributed by atoms with Gasteiger partial charge >= 0.3 is 0 Å². The second-order valence-electron chi connectivity index (χ2n) is 10.7. The highest BCUT2D eigenvalue weighted by molar-refractivity contribution is 7.22. The van der Waals surface area contributed by atoms with Gasteiger partial charge in [0.25, 0.3) is 5.91 Å². The Labute approximate surface area is 261 Å². The molecule has 1 amide bonds. The third-order valence-corrected chi connectivity index (χ3v) is 8.92. The van der Waals surface area contributed by atoms with Crippen molar-refractivity contribution in [1.82, 2.24) is 29.7 Å². The smallest absolute Gasteiger partial charge is 0.291 e. The Hall–Kier alpha value is -4.42. The maximum atomic E-state index is 15.2. The molecule has 2 N–H and O–H groups in total. The number of hydrogen-bond acceptors (Lipinski definition) is 8. The third kappa shape index (κ3) is 6.00. The number of pyridine rings is 2.